The molecule has 34 heavy (non-hydrogen) atoms. The molecule has 2 aromatic carbocycles. The molecular weight excluding hydrogens is 434 g/mol. The van der Waals surface area contributed by atoms with E-state index in [1.807, 2.05) is 95.0 Å². The number of aromatic amines is 1. The molecule has 0 aliphatic carbocycles. The molecule has 0 radical (unpaired) electrons. The van der Waals surface area contributed by atoms with Crippen molar-refractivity contribution in [1.82, 2.24) is 15.0 Å². The minimum Gasteiger partial charge on any atom is -0.497 e. The second-order valence-electron chi connectivity index (χ2n) is 7.80. The fraction of sp³-hybridized carbons (Fsp3) is 0.208. The summed E-state index contributed by atoms with van der Waals surface area (Å²) in [6.07, 6.45) is 7.52. The summed E-state index contributed by atoms with van der Waals surface area (Å²) in [5, 5.41) is 0. The molecule has 2 aliphatic rings. The van der Waals surface area contributed by atoms with Crippen molar-refractivity contribution in [1.29, 1.82) is 0 Å². The van der Waals surface area contributed by atoms with Gasteiger partial charge >= 0.3 is 5.69 Å². The summed E-state index contributed by atoms with van der Waals surface area (Å²) in [4.78, 5) is 31.8. The molecule has 1 atom stereocenters. The highest BCUT2D eigenvalue weighted by Gasteiger charge is 2.27. The number of rotatable bonds is 6. The van der Waals surface area contributed by atoms with Crippen molar-refractivity contribution in [2.45, 2.75) is 13.1 Å². The average molecular weight is 460 g/mol. The van der Waals surface area contributed by atoms with E-state index >= 15 is 0 Å². The second kappa shape index (κ2) is 8.81. The summed E-state index contributed by atoms with van der Waals surface area (Å²) < 4.78 is 10.5. The van der Waals surface area contributed by atoms with Crippen molar-refractivity contribution in [3.8, 4) is 11.5 Å². The van der Waals surface area contributed by atoms with Crippen molar-refractivity contribution in [2.24, 2.45) is 0 Å². The topological polar surface area (TPSA) is 90.1 Å². The van der Waals surface area contributed by atoms with E-state index in [9.17, 15) is 4.79 Å². The van der Waals surface area contributed by atoms with E-state index in [1.54, 1.807) is 14.2 Å². The predicted molar refractivity (Wildman–Crippen MR) is 131 cm³/mol. The van der Waals surface area contributed by atoms with E-state index in [-0.39, 0.29) is 6.17 Å². The van der Waals surface area contributed by atoms with Crippen molar-refractivity contribution < 1.29 is 9.47 Å². The van der Waals surface area contributed by atoms with Gasteiger partial charge in [0, 0.05) is 36.2 Å². The van der Waals surface area contributed by atoms with Crippen LogP contribution in [0.25, 0.3) is 0 Å². The average Bonchev–Trinajstić information content (AvgIpc) is 3.51. The maximum atomic E-state index is 12.4. The molecule has 10 heteroatoms. The molecule has 1 aromatic heterocycles. The van der Waals surface area contributed by atoms with Crippen LogP contribution in [-0.4, -0.2) is 42.0 Å². The number of benzene rings is 2. The maximum Gasteiger partial charge on any atom is 0.351 e. The summed E-state index contributed by atoms with van der Waals surface area (Å²) in [5.41, 5.74) is 1.54. The molecule has 0 saturated heterocycles. The van der Waals surface area contributed by atoms with Gasteiger partial charge in [-0.05, 0) is 55.5 Å². The van der Waals surface area contributed by atoms with Gasteiger partial charge in [-0.15, -0.1) is 0 Å². The smallest absolute Gasteiger partial charge is 0.351 e. The van der Waals surface area contributed by atoms with Gasteiger partial charge in [0.25, 0.3) is 0 Å². The van der Waals surface area contributed by atoms with Crippen LogP contribution < -0.4 is 34.8 Å². The summed E-state index contributed by atoms with van der Waals surface area (Å²) >= 11 is 0. The van der Waals surface area contributed by atoms with Crippen LogP contribution in [0.1, 0.15) is 6.92 Å². The summed E-state index contributed by atoms with van der Waals surface area (Å²) in [7, 11) is 3.28. The van der Waals surface area contributed by atoms with Crippen LogP contribution in [0.15, 0.2) is 78.1 Å². The lowest BCUT2D eigenvalue weighted by Gasteiger charge is -2.29. The zero-order valence-electron chi connectivity index (χ0n) is 19.1. The van der Waals surface area contributed by atoms with Gasteiger partial charge in [-0.1, -0.05) is 0 Å². The Hall–Kier alpha value is -4.47. The van der Waals surface area contributed by atoms with Crippen LogP contribution >= 0.6 is 0 Å². The highest BCUT2D eigenvalue weighted by Crippen LogP contribution is 2.29. The Morgan fingerprint density at radius 3 is 2.03 bits per heavy atom. The van der Waals surface area contributed by atoms with E-state index in [0.29, 0.717) is 18.6 Å². The molecule has 10 nitrogen and oxygen atoms in total. The van der Waals surface area contributed by atoms with E-state index in [0.717, 1.165) is 22.9 Å². The Kier molecular flexibility index (Phi) is 5.54. The van der Waals surface area contributed by atoms with Crippen molar-refractivity contribution in [2.75, 3.05) is 40.5 Å². The van der Waals surface area contributed by atoms with Crippen LogP contribution in [0, 0.1) is 0 Å². The van der Waals surface area contributed by atoms with E-state index in [4.69, 9.17) is 9.47 Å². The summed E-state index contributed by atoms with van der Waals surface area (Å²) in [5.74, 6) is 2.34. The number of H-pyrrole nitrogens is 1. The Morgan fingerprint density at radius 2 is 1.38 bits per heavy atom. The minimum atomic E-state index is -0.459. The molecule has 0 spiro atoms. The monoisotopic (exact) mass is 459 g/mol. The van der Waals surface area contributed by atoms with Gasteiger partial charge in [0.1, 0.15) is 24.3 Å². The van der Waals surface area contributed by atoms with Crippen LogP contribution in [0.3, 0.4) is 0 Å². The van der Waals surface area contributed by atoms with Crippen molar-refractivity contribution in [3.63, 3.8) is 0 Å². The molecule has 1 N–H and O–H groups in total. The van der Waals surface area contributed by atoms with Gasteiger partial charge < -0.3 is 19.3 Å². The number of ether oxygens (including phenoxy) is 2. The lowest BCUT2D eigenvalue weighted by Crippen LogP contribution is -2.38. The molecule has 1 unspecified atom stereocenters. The van der Waals surface area contributed by atoms with Gasteiger partial charge in [0.15, 0.2) is 0 Å². The maximum absolute atomic E-state index is 12.4. The van der Waals surface area contributed by atoms with Crippen LogP contribution in [0.2, 0.25) is 0 Å². The fourth-order valence-corrected chi connectivity index (χ4v) is 3.93. The predicted octanol–water partition coefficient (Wildman–Crippen LogP) is 3.08. The molecule has 174 valence electrons. The van der Waals surface area contributed by atoms with Crippen molar-refractivity contribution in [3.05, 3.63) is 83.8 Å². The second-order valence-corrected chi connectivity index (χ2v) is 7.80. The number of methoxy groups -OCH3 is 2. The third kappa shape index (κ3) is 4.01. The number of nitrogens with zero attached hydrogens (tertiary/aromatic N) is 6. The molecule has 0 fully saturated rings. The Bertz CT molecular complexity index is 1270. The lowest BCUT2D eigenvalue weighted by molar-refractivity contribution is 0.414. The van der Waals surface area contributed by atoms with Crippen LogP contribution in [0.4, 0.5) is 23.3 Å². The molecule has 3 heterocycles. The molecule has 5 rings (SSSR count). The Balaban J connectivity index is 1.33. The van der Waals surface area contributed by atoms with Gasteiger partial charge in [-0.3, -0.25) is 14.8 Å². The summed E-state index contributed by atoms with van der Waals surface area (Å²) in [6.45, 7) is 2.52. The van der Waals surface area contributed by atoms with E-state index in [1.165, 1.54) is 0 Å². The third-order valence-electron chi connectivity index (χ3n) is 5.83. The fourth-order valence-electron chi connectivity index (χ4n) is 3.93. The SMILES string of the molecule is COc1ccc(N2C=CN(c3nc(N4C=CN(c5ccc(OC)cc5)C4C)[nH]c(=O)n3)C2)cc1. The third-order valence-corrected chi connectivity index (χ3v) is 5.83. The number of anilines is 4. The van der Waals surface area contributed by atoms with E-state index < -0.39 is 5.69 Å². The number of aromatic nitrogens is 3. The zero-order valence-corrected chi connectivity index (χ0v) is 19.1. The lowest BCUT2D eigenvalue weighted by atomic mass is 10.2. The Morgan fingerprint density at radius 1 is 0.794 bits per heavy atom. The zero-order chi connectivity index (χ0) is 23.7. The first kappa shape index (κ1) is 21.4. The number of hydrogen-bond acceptors (Lipinski definition) is 9. The first-order chi connectivity index (χ1) is 16.6. The minimum absolute atomic E-state index is 0.100. The highest BCUT2D eigenvalue weighted by molar-refractivity contribution is 5.60. The van der Waals surface area contributed by atoms with Crippen molar-refractivity contribution >= 4 is 23.3 Å². The van der Waals surface area contributed by atoms with Crippen LogP contribution in [0.5, 0.6) is 11.5 Å². The summed E-state index contributed by atoms with van der Waals surface area (Å²) in [6, 6.07) is 15.6. The molecular formula is C24H25N7O3. The largest absolute Gasteiger partial charge is 0.497 e. The highest BCUT2D eigenvalue weighted by atomic mass is 16.5. The molecule has 0 amide bonds. The molecule has 3 aromatic rings. The molecule has 0 saturated carbocycles. The number of hydrogen-bond donors (Lipinski definition) is 1. The van der Waals surface area contributed by atoms with Gasteiger partial charge in [0.05, 0.1) is 14.2 Å². The molecule has 2 aliphatic heterocycles. The standard InChI is InChI=1S/C24H25N7O3/c1-17-30(19-6-10-21(34-3)11-7-19)14-15-31(17)23-25-22(26-24(32)27-23)29-13-12-28(16-29)18-4-8-20(33-2)9-5-18/h4-15,17H,16H2,1-3H3,(H,25,26,27,32). The quantitative estimate of drug-likeness (QED) is 0.597. The Labute approximate surface area is 197 Å². The number of nitrogens with one attached hydrogen (secondary N) is 1. The van der Waals surface area contributed by atoms with E-state index in [2.05, 4.69) is 19.9 Å². The van der Waals surface area contributed by atoms with Crippen LogP contribution in [-0.2, 0) is 0 Å². The van der Waals surface area contributed by atoms with Gasteiger partial charge in [-0.2, -0.15) is 9.97 Å². The normalized spacial score (nSPS) is 17.1. The molecule has 0 bridgehead atoms. The first-order valence-corrected chi connectivity index (χ1v) is 10.8. The van der Waals surface area contributed by atoms with Gasteiger partial charge in [-0.25, -0.2) is 4.79 Å². The van der Waals surface area contributed by atoms with Gasteiger partial charge in [0.2, 0.25) is 11.9 Å². The first-order valence-electron chi connectivity index (χ1n) is 10.8.